The third-order valence-corrected chi connectivity index (χ3v) is 2.31. The van der Waals surface area contributed by atoms with Crippen LogP contribution in [0.1, 0.15) is 12.6 Å². The van der Waals surface area contributed by atoms with Gasteiger partial charge in [0.05, 0.1) is 0 Å². The van der Waals surface area contributed by atoms with Crippen LogP contribution < -0.4 is 5.32 Å². The Morgan fingerprint density at radius 2 is 2.14 bits per heavy atom. The maximum atomic E-state index is 12.1. The number of anilines is 1. The van der Waals surface area contributed by atoms with Crippen molar-refractivity contribution in [3.8, 4) is 0 Å². The fraction of sp³-hybridized carbons (Fsp3) is 0.333. The molecule has 1 N–H and O–H groups in total. The smallest absolute Gasteiger partial charge is 0.302 e. The van der Waals surface area contributed by atoms with Gasteiger partial charge in [-0.2, -0.15) is 13.2 Å². The van der Waals surface area contributed by atoms with Crippen LogP contribution in [0.5, 0.6) is 0 Å². The van der Waals surface area contributed by atoms with Crippen LogP contribution >= 0.6 is 22.9 Å². The molecule has 0 spiro atoms. The first kappa shape index (κ1) is 11.3. The summed E-state index contributed by atoms with van der Waals surface area (Å²) >= 11 is 5.87. The molecule has 78 valence electrons. The molecule has 0 saturated heterocycles. The number of alkyl halides is 3. The zero-order valence-corrected chi connectivity index (χ0v) is 8.35. The first-order valence-electron chi connectivity index (χ1n) is 3.32. The van der Waals surface area contributed by atoms with Gasteiger partial charge in [0.1, 0.15) is 4.34 Å². The van der Waals surface area contributed by atoms with Crippen LogP contribution in [-0.2, 0) is 11.0 Å². The van der Waals surface area contributed by atoms with Gasteiger partial charge >= 0.3 is 6.18 Å². The van der Waals surface area contributed by atoms with Gasteiger partial charge in [-0.25, -0.2) is 4.98 Å². The van der Waals surface area contributed by atoms with Crippen LogP contribution in [0.4, 0.5) is 18.3 Å². The predicted molar refractivity (Wildman–Crippen MR) is 46.4 cm³/mol. The molecule has 0 aliphatic heterocycles. The molecule has 0 radical (unpaired) electrons. The molecule has 1 aromatic heterocycles. The van der Waals surface area contributed by atoms with E-state index in [-0.39, 0.29) is 5.13 Å². The van der Waals surface area contributed by atoms with Gasteiger partial charge in [0.2, 0.25) is 5.91 Å². The second kappa shape index (κ2) is 3.74. The lowest BCUT2D eigenvalue weighted by Crippen LogP contribution is -2.08. The van der Waals surface area contributed by atoms with Crippen molar-refractivity contribution in [1.29, 1.82) is 0 Å². The minimum Gasteiger partial charge on any atom is -0.302 e. The highest BCUT2D eigenvalue weighted by Gasteiger charge is 2.37. The van der Waals surface area contributed by atoms with E-state index in [1.165, 1.54) is 6.92 Å². The number of rotatable bonds is 1. The summed E-state index contributed by atoms with van der Waals surface area (Å²) in [5, 5.41) is 1.96. The molecule has 0 fully saturated rings. The average molecular weight is 245 g/mol. The maximum Gasteiger partial charge on any atom is 0.435 e. The number of aromatic nitrogens is 1. The van der Waals surface area contributed by atoms with Crippen LogP contribution in [0.2, 0.25) is 4.34 Å². The predicted octanol–water partition coefficient (Wildman–Crippen LogP) is 2.77. The Labute approximate surface area is 85.9 Å². The molecule has 8 heteroatoms. The number of hydrogen-bond acceptors (Lipinski definition) is 3. The third-order valence-electron chi connectivity index (χ3n) is 1.14. The molecule has 0 bridgehead atoms. The van der Waals surface area contributed by atoms with E-state index >= 15 is 0 Å². The van der Waals surface area contributed by atoms with Crippen LogP contribution in [0, 0.1) is 0 Å². The van der Waals surface area contributed by atoms with Gasteiger partial charge < -0.3 is 5.32 Å². The summed E-state index contributed by atoms with van der Waals surface area (Å²) in [7, 11) is 0. The number of amides is 1. The molecule has 1 rings (SSSR count). The van der Waals surface area contributed by atoms with Gasteiger partial charge in [-0.05, 0) is 0 Å². The summed E-state index contributed by atoms with van der Waals surface area (Å²) in [5.41, 5.74) is -1.17. The van der Waals surface area contributed by atoms with Crippen LogP contribution in [0.3, 0.4) is 0 Å². The number of halogens is 4. The summed E-state index contributed by atoms with van der Waals surface area (Å²) in [6, 6.07) is 0. The number of hydrogen-bond donors (Lipinski definition) is 1. The van der Waals surface area contributed by atoms with Crippen molar-refractivity contribution >= 4 is 34.0 Å². The monoisotopic (exact) mass is 244 g/mol. The van der Waals surface area contributed by atoms with Gasteiger partial charge in [-0.1, -0.05) is 22.9 Å². The summed E-state index contributed by atoms with van der Waals surface area (Å²) in [6.45, 7) is 1.17. The zero-order chi connectivity index (χ0) is 10.9. The molecular weight excluding hydrogens is 241 g/mol. The van der Waals surface area contributed by atoms with Crippen molar-refractivity contribution in [2.45, 2.75) is 13.1 Å². The molecule has 0 unspecified atom stereocenters. The zero-order valence-electron chi connectivity index (χ0n) is 6.78. The standard InChI is InChI=1S/C6H4ClF3N2OS/c1-2(13)11-5-12-3(4(7)14-5)6(8,9)10/h1H3,(H,11,12,13). The van der Waals surface area contributed by atoms with E-state index in [1.54, 1.807) is 0 Å². The van der Waals surface area contributed by atoms with E-state index in [4.69, 9.17) is 11.6 Å². The van der Waals surface area contributed by atoms with Crippen molar-refractivity contribution in [1.82, 2.24) is 4.98 Å². The van der Waals surface area contributed by atoms with Crippen LogP contribution in [0.25, 0.3) is 0 Å². The summed E-state index contributed by atoms with van der Waals surface area (Å²) in [5.74, 6) is -0.496. The second-order valence-electron chi connectivity index (χ2n) is 2.32. The minimum absolute atomic E-state index is 0.158. The third kappa shape index (κ3) is 2.58. The van der Waals surface area contributed by atoms with Crippen molar-refractivity contribution in [2.24, 2.45) is 0 Å². The molecular formula is C6H4ClF3N2OS. The van der Waals surface area contributed by atoms with Gasteiger partial charge in [0, 0.05) is 6.92 Å². The summed E-state index contributed by atoms with van der Waals surface area (Å²) in [4.78, 5) is 13.7. The van der Waals surface area contributed by atoms with Crippen LogP contribution in [0.15, 0.2) is 0 Å². The van der Waals surface area contributed by atoms with Gasteiger partial charge in [0.25, 0.3) is 0 Å². The lowest BCUT2D eigenvalue weighted by atomic mass is 10.5. The number of nitrogens with one attached hydrogen (secondary N) is 1. The molecule has 0 aliphatic carbocycles. The molecule has 3 nitrogen and oxygen atoms in total. The van der Waals surface area contributed by atoms with E-state index < -0.39 is 22.1 Å². The van der Waals surface area contributed by atoms with Crippen molar-refractivity contribution in [2.75, 3.05) is 5.32 Å². The Balaban J connectivity index is 2.99. The van der Waals surface area contributed by atoms with E-state index in [1.807, 2.05) is 0 Å². The van der Waals surface area contributed by atoms with Gasteiger partial charge in [0.15, 0.2) is 10.8 Å². The van der Waals surface area contributed by atoms with Crippen LogP contribution in [-0.4, -0.2) is 10.9 Å². The molecule has 0 saturated carbocycles. The van der Waals surface area contributed by atoms with Crippen molar-refractivity contribution in [3.63, 3.8) is 0 Å². The Morgan fingerprint density at radius 3 is 2.50 bits per heavy atom. The summed E-state index contributed by atoms with van der Waals surface area (Å²) < 4.78 is 36.0. The maximum absolute atomic E-state index is 12.1. The Morgan fingerprint density at radius 1 is 1.57 bits per heavy atom. The normalized spacial score (nSPS) is 11.5. The Hall–Kier alpha value is -0.820. The highest BCUT2D eigenvalue weighted by molar-refractivity contribution is 7.19. The molecule has 0 atom stereocenters. The highest BCUT2D eigenvalue weighted by atomic mass is 35.5. The minimum atomic E-state index is -4.59. The average Bonchev–Trinajstić information content (AvgIpc) is 2.27. The number of thiazole rings is 1. The lowest BCUT2D eigenvalue weighted by molar-refractivity contribution is -0.140. The SMILES string of the molecule is CC(=O)Nc1nc(C(F)(F)F)c(Cl)s1. The van der Waals surface area contributed by atoms with E-state index in [2.05, 4.69) is 10.3 Å². The number of carbonyl (C=O) groups excluding carboxylic acids is 1. The first-order valence-corrected chi connectivity index (χ1v) is 4.51. The number of carbonyl (C=O) groups is 1. The fourth-order valence-electron chi connectivity index (χ4n) is 0.680. The second-order valence-corrected chi connectivity index (χ2v) is 3.92. The van der Waals surface area contributed by atoms with E-state index in [0.717, 1.165) is 0 Å². The molecule has 0 aliphatic rings. The quantitative estimate of drug-likeness (QED) is 0.825. The summed E-state index contributed by atoms with van der Waals surface area (Å²) in [6.07, 6.45) is -4.59. The topological polar surface area (TPSA) is 42.0 Å². The molecule has 1 heterocycles. The van der Waals surface area contributed by atoms with E-state index in [0.29, 0.717) is 11.3 Å². The first-order chi connectivity index (χ1) is 6.30. The van der Waals surface area contributed by atoms with Crippen molar-refractivity contribution in [3.05, 3.63) is 10.0 Å². The van der Waals surface area contributed by atoms with Crippen molar-refractivity contribution < 1.29 is 18.0 Å². The van der Waals surface area contributed by atoms with Gasteiger partial charge in [-0.3, -0.25) is 4.79 Å². The fourth-order valence-corrected chi connectivity index (χ4v) is 1.81. The molecule has 14 heavy (non-hydrogen) atoms. The lowest BCUT2D eigenvalue weighted by Gasteiger charge is -2.01. The molecule has 1 aromatic rings. The Bertz CT molecular complexity index is 362. The Kier molecular flexibility index (Phi) is 3.01. The largest absolute Gasteiger partial charge is 0.435 e. The van der Waals surface area contributed by atoms with Gasteiger partial charge in [-0.15, -0.1) is 0 Å². The van der Waals surface area contributed by atoms with E-state index in [9.17, 15) is 18.0 Å². The number of nitrogens with zero attached hydrogens (tertiary/aromatic N) is 1. The molecule has 0 aromatic carbocycles. The molecule has 1 amide bonds. The highest BCUT2D eigenvalue weighted by Crippen LogP contribution is 2.38.